The van der Waals surface area contributed by atoms with Crippen LogP contribution in [0.4, 0.5) is 0 Å². The number of Topliss-reactive ketones (excluding diaryl/α,β-unsaturated/α-hetero) is 1. The van der Waals surface area contributed by atoms with Crippen LogP contribution in [0.2, 0.25) is 0 Å². The molecule has 0 saturated heterocycles. The van der Waals surface area contributed by atoms with Crippen molar-refractivity contribution in [2.45, 2.75) is 52.5 Å². The lowest BCUT2D eigenvalue weighted by molar-refractivity contribution is -0.138. The summed E-state index contributed by atoms with van der Waals surface area (Å²) in [6.45, 7) is 5.30. The third kappa shape index (κ3) is 4.57. The zero-order valence-corrected chi connectivity index (χ0v) is 17.8. The quantitative estimate of drug-likeness (QED) is 0.409. The summed E-state index contributed by atoms with van der Waals surface area (Å²) in [5.41, 5.74) is 0.677. The topological polar surface area (TPSA) is 124 Å². The minimum Gasteiger partial charge on any atom is -0.511 e. The van der Waals surface area contributed by atoms with E-state index < -0.39 is 17.4 Å². The monoisotopic (exact) mass is 426 g/mol. The number of allylic oxidation sites excluding steroid dienone is 2. The number of aliphatic imine (C=N–C) groups is 1. The van der Waals surface area contributed by atoms with Crippen LogP contribution in [0.15, 0.2) is 40.6 Å². The van der Waals surface area contributed by atoms with Gasteiger partial charge in [0, 0.05) is 19.4 Å². The zero-order chi connectivity index (χ0) is 22.9. The predicted molar refractivity (Wildman–Crippen MR) is 113 cm³/mol. The van der Waals surface area contributed by atoms with Crippen LogP contribution in [0, 0.1) is 5.41 Å². The Morgan fingerprint density at radius 1 is 1.10 bits per heavy atom. The molecule has 8 nitrogen and oxygen atoms in total. The Morgan fingerprint density at radius 2 is 1.68 bits per heavy atom. The van der Waals surface area contributed by atoms with Crippen molar-refractivity contribution in [1.82, 2.24) is 4.90 Å². The van der Waals surface area contributed by atoms with Crippen LogP contribution in [0.5, 0.6) is 0 Å². The van der Waals surface area contributed by atoms with Crippen LogP contribution < -0.4 is 0 Å². The lowest BCUT2D eigenvalue weighted by Gasteiger charge is -2.31. The van der Waals surface area contributed by atoms with Gasteiger partial charge in [-0.05, 0) is 37.3 Å². The average molecular weight is 426 g/mol. The molecule has 1 fully saturated rings. The molecule has 0 radical (unpaired) electrons. The SMILES string of the molecule is C[C@@H](N=C1CC(C)(C)CC(=O)C1=C(O)CCCN1C(=O)c2ccccc2C1=O)C(=O)O. The molecule has 31 heavy (non-hydrogen) atoms. The summed E-state index contributed by atoms with van der Waals surface area (Å²) in [5.74, 6) is -2.34. The lowest BCUT2D eigenvalue weighted by atomic mass is 9.73. The number of rotatable bonds is 6. The Hall–Kier alpha value is -3.29. The summed E-state index contributed by atoms with van der Waals surface area (Å²) >= 11 is 0. The van der Waals surface area contributed by atoms with E-state index in [0.29, 0.717) is 17.5 Å². The molecule has 1 aliphatic heterocycles. The summed E-state index contributed by atoms with van der Waals surface area (Å²) in [5, 5.41) is 19.8. The highest BCUT2D eigenvalue weighted by atomic mass is 16.4. The summed E-state index contributed by atoms with van der Waals surface area (Å²) in [4.78, 5) is 54.2. The highest BCUT2D eigenvalue weighted by Crippen LogP contribution is 2.36. The van der Waals surface area contributed by atoms with Crippen molar-refractivity contribution in [1.29, 1.82) is 0 Å². The summed E-state index contributed by atoms with van der Waals surface area (Å²) < 4.78 is 0. The first-order chi connectivity index (χ1) is 14.5. The van der Waals surface area contributed by atoms with Crippen LogP contribution in [0.3, 0.4) is 0 Å². The van der Waals surface area contributed by atoms with Gasteiger partial charge < -0.3 is 10.2 Å². The minimum absolute atomic E-state index is 0.0646. The Kier molecular flexibility index (Phi) is 6.10. The second kappa shape index (κ2) is 8.45. The van der Waals surface area contributed by atoms with Gasteiger partial charge in [-0.25, -0.2) is 4.79 Å². The molecule has 164 valence electrons. The van der Waals surface area contributed by atoms with Crippen molar-refractivity contribution in [2.24, 2.45) is 10.4 Å². The molecule has 0 unspecified atom stereocenters. The molecule has 1 saturated carbocycles. The number of hydrogen-bond donors (Lipinski definition) is 2. The van der Waals surface area contributed by atoms with Gasteiger partial charge in [0.25, 0.3) is 11.8 Å². The predicted octanol–water partition coefficient (Wildman–Crippen LogP) is 3.18. The first-order valence-electron chi connectivity index (χ1n) is 10.2. The van der Waals surface area contributed by atoms with Crippen LogP contribution in [0.1, 0.15) is 67.2 Å². The van der Waals surface area contributed by atoms with Crippen molar-refractivity contribution in [3.63, 3.8) is 0 Å². The Morgan fingerprint density at radius 3 is 2.23 bits per heavy atom. The van der Waals surface area contributed by atoms with Crippen molar-refractivity contribution < 1.29 is 29.4 Å². The normalized spacial score (nSPS) is 22.0. The van der Waals surface area contributed by atoms with Gasteiger partial charge in [0.1, 0.15) is 11.8 Å². The first kappa shape index (κ1) is 22.4. The van der Waals surface area contributed by atoms with Crippen molar-refractivity contribution in [3.8, 4) is 0 Å². The number of aliphatic hydroxyl groups is 1. The van der Waals surface area contributed by atoms with E-state index in [9.17, 15) is 29.4 Å². The minimum atomic E-state index is -1.12. The Labute approximate surface area is 180 Å². The number of ketones is 1. The van der Waals surface area contributed by atoms with Gasteiger partial charge in [0.2, 0.25) is 0 Å². The number of benzene rings is 1. The van der Waals surface area contributed by atoms with Crippen LogP contribution >= 0.6 is 0 Å². The number of carboxylic acid groups (broad SMARTS) is 1. The van der Waals surface area contributed by atoms with E-state index in [-0.39, 0.29) is 60.4 Å². The molecule has 1 atom stereocenters. The number of amides is 2. The second-order valence-corrected chi connectivity index (χ2v) is 8.76. The maximum atomic E-state index is 12.7. The molecule has 1 aromatic rings. The number of carboxylic acids is 1. The summed E-state index contributed by atoms with van der Waals surface area (Å²) in [6, 6.07) is 5.55. The van der Waals surface area contributed by atoms with Gasteiger partial charge in [-0.2, -0.15) is 0 Å². The fraction of sp³-hybridized carbons (Fsp3) is 0.435. The van der Waals surface area contributed by atoms with E-state index in [4.69, 9.17) is 0 Å². The second-order valence-electron chi connectivity index (χ2n) is 8.76. The van der Waals surface area contributed by atoms with Gasteiger partial charge in [-0.3, -0.25) is 24.3 Å². The van der Waals surface area contributed by atoms with E-state index in [0.717, 1.165) is 4.90 Å². The third-order valence-electron chi connectivity index (χ3n) is 5.52. The maximum absolute atomic E-state index is 12.7. The number of nitrogens with zero attached hydrogens (tertiary/aromatic N) is 2. The molecule has 2 N–H and O–H groups in total. The molecular weight excluding hydrogens is 400 g/mol. The highest BCUT2D eigenvalue weighted by Gasteiger charge is 2.37. The Balaban J connectivity index is 1.76. The molecule has 3 rings (SSSR count). The molecule has 1 aliphatic carbocycles. The van der Waals surface area contributed by atoms with Crippen LogP contribution in [-0.2, 0) is 9.59 Å². The molecular formula is C23H26N2O6. The zero-order valence-electron chi connectivity index (χ0n) is 17.8. The number of imide groups is 1. The number of aliphatic hydroxyl groups excluding tert-OH is 1. The highest BCUT2D eigenvalue weighted by molar-refractivity contribution is 6.25. The fourth-order valence-electron chi connectivity index (χ4n) is 3.99. The maximum Gasteiger partial charge on any atom is 0.328 e. The number of carbonyl (C=O) groups excluding carboxylic acids is 3. The first-order valence-corrected chi connectivity index (χ1v) is 10.2. The molecule has 0 spiro atoms. The molecule has 2 amide bonds. The number of carbonyl (C=O) groups is 4. The smallest absolute Gasteiger partial charge is 0.328 e. The average Bonchev–Trinajstić information content (AvgIpc) is 2.91. The largest absolute Gasteiger partial charge is 0.511 e. The van der Waals surface area contributed by atoms with Crippen molar-refractivity contribution >= 4 is 29.3 Å². The molecule has 1 aromatic carbocycles. The van der Waals surface area contributed by atoms with E-state index >= 15 is 0 Å². The molecule has 8 heteroatoms. The van der Waals surface area contributed by atoms with Crippen LogP contribution in [-0.4, -0.2) is 57.0 Å². The van der Waals surface area contributed by atoms with Crippen molar-refractivity contribution in [2.75, 3.05) is 6.54 Å². The molecule has 1 heterocycles. The van der Waals surface area contributed by atoms with E-state index in [1.54, 1.807) is 24.3 Å². The van der Waals surface area contributed by atoms with Gasteiger partial charge in [-0.1, -0.05) is 26.0 Å². The van der Waals surface area contributed by atoms with Gasteiger partial charge in [0.05, 0.1) is 22.4 Å². The fourth-order valence-corrected chi connectivity index (χ4v) is 3.99. The van der Waals surface area contributed by atoms with Gasteiger partial charge in [-0.15, -0.1) is 0 Å². The molecule has 2 aliphatic rings. The summed E-state index contributed by atoms with van der Waals surface area (Å²) in [6.07, 6.45) is 0.911. The number of hydrogen-bond acceptors (Lipinski definition) is 6. The van der Waals surface area contributed by atoms with Gasteiger partial charge in [0.15, 0.2) is 5.78 Å². The van der Waals surface area contributed by atoms with E-state index in [2.05, 4.69) is 4.99 Å². The number of fused-ring (bicyclic) bond motifs is 1. The number of aliphatic carboxylic acids is 1. The van der Waals surface area contributed by atoms with E-state index in [1.165, 1.54) is 6.92 Å². The molecule has 0 bridgehead atoms. The van der Waals surface area contributed by atoms with Crippen LogP contribution in [0.25, 0.3) is 0 Å². The third-order valence-corrected chi connectivity index (χ3v) is 5.52. The van der Waals surface area contributed by atoms with Crippen molar-refractivity contribution in [3.05, 3.63) is 46.7 Å². The standard InChI is InChI=1S/C23H26N2O6/c1-13(22(30)31)24-16-11-23(2,3)12-18(27)19(16)17(26)9-6-10-25-20(28)14-7-4-5-8-15(14)21(25)29/h4-5,7-8,13,26H,6,9-12H2,1-3H3,(H,30,31)/t13-/m1/s1. The van der Waals surface area contributed by atoms with Gasteiger partial charge >= 0.3 is 5.97 Å². The summed E-state index contributed by atoms with van der Waals surface area (Å²) in [7, 11) is 0. The van der Waals surface area contributed by atoms with E-state index in [1.807, 2.05) is 13.8 Å². The Bertz CT molecular complexity index is 986. The molecule has 0 aromatic heterocycles. The lowest BCUT2D eigenvalue weighted by Crippen LogP contribution is -2.34.